The molecular formula is C22H27FN6O. The van der Waals surface area contributed by atoms with E-state index in [0.717, 1.165) is 11.3 Å². The van der Waals surface area contributed by atoms with Crippen molar-refractivity contribution in [3.63, 3.8) is 0 Å². The highest BCUT2D eigenvalue weighted by Gasteiger charge is 2.39. The Balaban J connectivity index is 1.70. The van der Waals surface area contributed by atoms with E-state index in [1.54, 1.807) is 17.0 Å². The molecule has 2 amide bonds. The zero-order valence-electron chi connectivity index (χ0n) is 17.4. The standard InChI is InChI=1S/C22H27FN6O/c1-16-7-4-5-10-19(16)27-20(25-15-24)29-12-11-28(14-22(29,2)3)21(30)26-18-9-6-8-17(23)13-18/h4-10,13,20,25,27H,11-12,14H2,1-3H3,(H,26,30). The number of benzene rings is 2. The van der Waals surface area contributed by atoms with Crippen molar-refractivity contribution in [2.45, 2.75) is 32.6 Å². The molecule has 1 fully saturated rings. The number of halogens is 1. The Morgan fingerprint density at radius 1 is 1.20 bits per heavy atom. The summed E-state index contributed by atoms with van der Waals surface area (Å²) in [7, 11) is 0. The van der Waals surface area contributed by atoms with Gasteiger partial charge in [0.15, 0.2) is 12.5 Å². The summed E-state index contributed by atoms with van der Waals surface area (Å²) in [5.74, 6) is -0.398. The number of nitriles is 1. The molecule has 0 aromatic heterocycles. The number of nitrogens with zero attached hydrogens (tertiary/aromatic N) is 3. The van der Waals surface area contributed by atoms with Crippen LogP contribution in [0.25, 0.3) is 0 Å². The molecule has 0 bridgehead atoms. The van der Waals surface area contributed by atoms with Gasteiger partial charge in [-0.15, -0.1) is 0 Å². The van der Waals surface area contributed by atoms with E-state index >= 15 is 0 Å². The van der Waals surface area contributed by atoms with Crippen molar-refractivity contribution < 1.29 is 9.18 Å². The number of aryl methyl sites for hydroxylation is 1. The van der Waals surface area contributed by atoms with E-state index in [4.69, 9.17) is 0 Å². The minimum Gasteiger partial charge on any atom is -0.352 e. The zero-order valence-corrected chi connectivity index (χ0v) is 17.4. The molecule has 0 radical (unpaired) electrons. The van der Waals surface area contributed by atoms with Gasteiger partial charge in [0.25, 0.3) is 0 Å². The first-order valence-electron chi connectivity index (χ1n) is 9.85. The van der Waals surface area contributed by atoms with E-state index in [1.165, 1.54) is 12.1 Å². The fourth-order valence-electron chi connectivity index (χ4n) is 3.72. The van der Waals surface area contributed by atoms with Crippen molar-refractivity contribution in [2.75, 3.05) is 30.3 Å². The molecule has 1 aliphatic rings. The third-order valence-corrected chi connectivity index (χ3v) is 5.28. The minimum atomic E-state index is -0.417. The first-order valence-corrected chi connectivity index (χ1v) is 9.85. The lowest BCUT2D eigenvalue weighted by Gasteiger charge is -2.49. The maximum absolute atomic E-state index is 13.4. The topological polar surface area (TPSA) is 83.4 Å². The summed E-state index contributed by atoms with van der Waals surface area (Å²) in [6.45, 7) is 7.55. The predicted octanol–water partition coefficient (Wildman–Crippen LogP) is 3.53. The third kappa shape index (κ3) is 4.99. The highest BCUT2D eigenvalue weighted by atomic mass is 19.1. The molecule has 0 saturated carbocycles. The molecule has 1 atom stereocenters. The first-order chi connectivity index (χ1) is 14.3. The number of rotatable bonds is 5. The fraction of sp³-hybridized carbons (Fsp3) is 0.364. The van der Waals surface area contributed by atoms with Gasteiger partial charge in [-0.3, -0.25) is 10.2 Å². The second-order valence-electron chi connectivity index (χ2n) is 7.99. The van der Waals surface area contributed by atoms with Gasteiger partial charge >= 0.3 is 6.03 Å². The van der Waals surface area contributed by atoms with E-state index in [9.17, 15) is 14.4 Å². The van der Waals surface area contributed by atoms with Crippen LogP contribution in [0.5, 0.6) is 0 Å². The van der Waals surface area contributed by atoms with E-state index in [2.05, 4.69) is 20.9 Å². The van der Waals surface area contributed by atoms with Gasteiger partial charge in [-0.25, -0.2) is 9.18 Å². The van der Waals surface area contributed by atoms with Crippen molar-refractivity contribution in [1.82, 2.24) is 15.1 Å². The summed E-state index contributed by atoms with van der Waals surface area (Å²) < 4.78 is 13.4. The second-order valence-corrected chi connectivity index (χ2v) is 7.99. The molecule has 1 unspecified atom stereocenters. The van der Waals surface area contributed by atoms with Crippen LogP contribution in [0.15, 0.2) is 48.5 Å². The van der Waals surface area contributed by atoms with Crippen molar-refractivity contribution in [3.8, 4) is 6.19 Å². The van der Waals surface area contributed by atoms with Gasteiger partial charge in [-0.05, 0) is 50.6 Å². The SMILES string of the molecule is Cc1ccccc1NC(NC#N)N1CCN(C(=O)Nc2cccc(F)c2)CC1(C)C. The highest BCUT2D eigenvalue weighted by Crippen LogP contribution is 2.25. The maximum Gasteiger partial charge on any atom is 0.321 e. The molecule has 3 N–H and O–H groups in total. The van der Waals surface area contributed by atoms with Gasteiger partial charge in [-0.1, -0.05) is 24.3 Å². The first kappa shape index (κ1) is 21.4. The van der Waals surface area contributed by atoms with Crippen LogP contribution in [0.4, 0.5) is 20.6 Å². The normalized spacial score (nSPS) is 17.0. The maximum atomic E-state index is 13.4. The summed E-state index contributed by atoms with van der Waals surface area (Å²) in [4.78, 5) is 16.5. The molecule has 0 spiro atoms. The van der Waals surface area contributed by atoms with E-state index < -0.39 is 17.6 Å². The van der Waals surface area contributed by atoms with Gasteiger partial charge in [0.05, 0.1) is 0 Å². The molecule has 7 nitrogen and oxygen atoms in total. The van der Waals surface area contributed by atoms with Crippen LogP contribution in [0.2, 0.25) is 0 Å². The Bertz CT molecular complexity index is 941. The quantitative estimate of drug-likeness (QED) is 0.399. The highest BCUT2D eigenvalue weighted by molar-refractivity contribution is 5.89. The van der Waals surface area contributed by atoms with Crippen LogP contribution >= 0.6 is 0 Å². The van der Waals surface area contributed by atoms with Gasteiger partial charge < -0.3 is 15.5 Å². The number of anilines is 2. The molecule has 1 heterocycles. The number of hydrogen-bond acceptors (Lipinski definition) is 5. The molecule has 2 aromatic rings. The number of piperazine rings is 1. The molecule has 30 heavy (non-hydrogen) atoms. The van der Waals surface area contributed by atoms with Gasteiger partial charge in [0.2, 0.25) is 0 Å². The number of hydrogen-bond donors (Lipinski definition) is 3. The smallest absolute Gasteiger partial charge is 0.321 e. The minimum absolute atomic E-state index is 0.273. The molecule has 8 heteroatoms. The average molecular weight is 410 g/mol. The Hall–Kier alpha value is -3.31. The lowest BCUT2D eigenvalue weighted by Crippen LogP contribution is -2.67. The number of amides is 2. The van der Waals surface area contributed by atoms with Crippen molar-refractivity contribution in [3.05, 3.63) is 59.9 Å². The molecule has 0 aliphatic carbocycles. The number of nitrogens with one attached hydrogen (secondary N) is 3. The van der Waals surface area contributed by atoms with Crippen LogP contribution in [-0.2, 0) is 0 Å². The Morgan fingerprint density at radius 3 is 2.63 bits per heavy atom. The van der Waals surface area contributed by atoms with Crippen LogP contribution in [0, 0.1) is 24.2 Å². The predicted molar refractivity (Wildman–Crippen MR) is 115 cm³/mol. The van der Waals surface area contributed by atoms with E-state index in [-0.39, 0.29) is 6.03 Å². The number of para-hydroxylation sites is 1. The van der Waals surface area contributed by atoms with Crippen molar-refractivity contribution in [1.29, 1.82) is 5.26 Å². The Morgan fingerprint density at radius 2 is 1.97 bits per heavy atom. The molecule has 2 aromatic carbocycles. The van der Waals surface area contributed by atoms with Gasteiger partial charge in [0, 0.05) is 36.5 Å². The number of carbonyl (C=O) groups is 1. The lowest BCUT2D eigenvalue weighted by atomic mass is 9.99. The molecule has 1 saturated heterocycles. The summed E-state index contributed by atoms with van der Waals surface area (Å²) in [5, 5.41) is 18.3. The van der Waals surface area contributed by atoms with Crippen molar-refractivity contribution >= 4 is 17.4 Å². The summed E-state index contributed by atoms with van der Waals surface area (Å²) in [5.41, 5.74) is 2.02. The lowest BCUT2D eigenvalue weighted by molar-refractivity contribution is 0.00768. The largest absolute Gasteiger partial charge is 0.352 e. The zero-order chi connectivity index (χ0) is 21.7. The fourth-order valence-corrected chi connectivity index (χ4v) is 3.72. The summed E-state index contributed by atoms with van der Waals surface area (Å²) >= 11 is 0. The summed E-state index contributed by atoms with van der Waals surface area (Å²) in [6, 6.07) is 13.4. The second kappa shape index (κ2) is 9.01. The van der Waals surface area contributed by atoms with E-state index in [0.29, 0.717) is 25.3 Å². The monoisotopic (exact) mass is 410 g/mol. The van der Waals surface area contributed by atoms with Crippen LogP contribution < -0.4 is 16.0 Å². The van der Waals surface area contributed by atoms with E-state index in [1.807, 2.05) is 51.2 Å². The van der Waals surface area contributed by atoms with Crippen LogP contribution in [-0.4, -0.2) is 47.3 Å². The molecular weight excluding hydrogens is 383 g/mol. The number of urea groups is 1. The van der Waals surface area contributed by atoms with Gasteiger partial charge in [-0.2, -0.15) is 5.26 Å². The Labute approximate surface area is 176 Å². The van der Waals surface area contributed by atoms with Crippen molar-refractivity contribution in [2.24, 2.45) is 0 Å². The summed E-state index contributed by atoms with van der Waals surface area (Å²) in [6.07, 6.45) is 1.61. The number of carbonyl (C=O) groups excluding carboxylic acids is 1. The molecule has 3 rings (SSSR count). The molecule has 158 valence electrons. The van der Waals surface area contributed by atoms with Crippen LogP contribution in [0.3, 0.4) is 0 Å². The van der Waals surface area contributed by atoms with Gasteiger partial charge in [0.1, 0.15) is 5.82 Å². The Kier molecular flexibility index (Phi) is 6.43. The average Bonchev–Trinajstić information content (AvgIpc) is 2.68. The molecule has 1 aliphatic heterocycles. The van der Waals surface area contributed by atoms with Crippen LogP contribution in [0.1, 0.15) is 19.4 Å². The third-order valence-electron chi connectivity index (χ3n) is 5.28.